The molecule has 0 heterocycles. The molecule has 23 heavy (non-hydrogen) atoms. The minimum Gasteiger partial charge on any atom is -0.463 e. The van der Waals surface area contributed by atoms with Crippen molar-refractivity contribution in [3.63, 3.8) is 0 Å². The Morgan fingerprint density at radius 3 is 2.39 bits per heavy atom. The van der Waals surface area contributed by atoms with Crippen molar-refractivity contribution in [2.24, 2.45) is 0 Å². The molecule has 1 rings (SSSR count). The molecule has 0 amide bonds. The Morgan fingerprint density at radius 1 is 1.13 bits per heavy atom. The lowest BCUT2D eigenvalue weighted by Crippen LogP contribution is -2.13. The van der Waals surface area contributed by atoms with Gasteiger partial charge in [0, 0.05) is 6.08 Å². The van der Waals surface area contributed by atoms with Gasteiger partial charge in [0.1, 0.15) is 0 Å². The van der Waals surface area contributed by atoms with E-state index in [4.69, 9.17) is 13.8 Å². The highest BCUT2D eigenvalue weighted by Crippen LogP contribution is 2.47. The highest BCUT2D eigenvalue weighted by Gasteiger charge is 2.28. The summed E-state index contributed by atoms with van der Waals surface area (Å²) < 4.78 is 28.7. The molecule has 0 aliphatic heterocycles. The molecule has 0 aliphatic carbocycles. The van der Waals surface area contributed by atoms with Crippen LogP contribution in [0, 0.1) is 0 Å². The van der Waals surface area contributed by atoms with E-state index in [1.807, 2.05) is 6.92 Å². The molecular formula is C17H25O5P. The number of carbonyl (C=O) groups excluding carboxylic acids is 1. The van der Waals surface area contributed by atoms with Crippen LogP contribution in [0.2, 0.25) is 0 Å². The van der Waals surface area contributed by atoms with Gasteiger partial charge in [0.15, 0.2) is 0 Å². The molecule has 0 bridgehead atoms. The average Bonchev–Trinajstić information content (AvgIpc) is 2.54. The van der Waals surface area contributed by atoms with E-state index in [0.29, 0.717) is 17.5 Å². The summed E-state index contributed by atoms with van der Waals surface area (Å²) >= 11 is 0. The molecule has 0 atom stereocenters. The van der Waals surface area contributed by atoms with Crippen LogP contribution in [-0.2, 0) is 23.1 Å². The second-order valence-electron chi connectivity index (χ2n) is 4.75. The lowest BCUT2D eigenvalue weighted by Gasteiger charge is -2.18. The van der Waals surface area contributed by atoms with Gasteiger partial charge in [0.2, 0.25) is 0 Å². The number of benzene rings is 1. The summed E-state index contributed by atoms with van der Waals surface area (Å²) in [5.74, 6) is -0.420. The summed E-state index contributed by atoms with van der Waals surface area (Å²) in [6, 6.07) is 7.01. The van der Waals surface area contributed by atoms with E-state index in [1.54, 1.807) is 44.2 Å². The van der Waals surface area contributed by atoms with Crippen LogP contribution < -0.4 is 5.30 Å². The van der Waals surface area contributed by atoms with E-state index in [9.17, 15) is 9.36 Å². The Balaban J connectivity index is 2.96. The maximum atomic E-state index is 12.9. The van der Waals surface area contributed by atoms with Gasteiger partial charge in [-0.15, -0.1) is 0 Å². The molecule has 0 spiro atoms. The Hall–Kier alpha value is -1.42. The SMILES string of the molecule is CCCCOC(=O)/C=C/c1ccccc1P(=O)(OCC)OCC. The highest BCUT2D eigenvalue weighted by atomic mass is 31.2. The fourth-order valence-corrected chi connectivity index (χ4v) is 3.68. The first kappa shape index (κ1) is 19.6. The van der Waals surface area contributed by atoms with Crippen molar-refractivity contribution in [2.45, 2.75) is 33.6 Å². The standard InChI is InChI=1S/C17H25O5P/c1-4-7-14-20-17(18)13-12-15-10-8-9-11-16(15)23(19,21-5-2)22-6-3/h8-13H,4-7,14H2,1-3H3/b13-12+. The zero-order valence-electron chi connectivity index (χ0n) is 14.0. The second kappa shape index (κ2) is 10.4. The predicted molar refractivity (Wildman–Crippen MR) is 91.8 cm³/mol. The molecular weight excluding hydrogens is 315 g/mol. The van der Waals surface area contributed by atoms with Gasteiger partial charge in [-0.05, 0) is 38.0 Å². The first-order valence-corrected chi connectivity index (χ1v) is 9.45. The molecule has 0 fully saturated rings. The summed E-state index contributed by atoms with van der Waals surface area (Å²) in [4.78, 5) is 11.7. The van der Waals surface area contributed by atoms with Crippen LogP contribution in [0.25, 0.3) is 6.08 Å². The van der Waals surface area contributed by atoms with E-state index < -0.39 is 13.6 Å². The van der Waals surface area contributed by atoms with Gasteiger partial charge in [-0.2, -0.15) is 0 Å². The van der Waals surface area contributed by atoms with Gasteiger partial charge in [0.05, 0.1) is 25.1 Å². The zero-order valence-corrected chi connectivity index (χ0v) is 14.9. The predicted octanol–water partition coefficient (Wildman–Crippen LogP) is 3.93. The first-order chi connectivity index (χ1) is 11.1. The minimum atomic E-state index is -3.40. The number of esters is 1. The third-order valence-corrected chi connectivity index (χ3v) is 5.16. The monoisotopic (exact) mass is 340 g/mol. The van der Waals surface area contributed by atoms with Gasteiger partial charge in [0.25, 0.3) is 0 Å². The number of unbranched alkanes of at least 4 members (excludes halogenated alkanes) is 1. The number of hydrogen-bond donors (Lipinski definition) is 0. The van der Waals surface area contributed by atoms with E-state index in [2.05, 4.69) is 0 Å². The molecule has 5 nitrogen and oxygen atoms in total. The summed E-state index contributed by atoms with van der Waals surface area (Å²) in [6.45, 7) is 6.49. The lowest BCUT2D eigenvalue weighted by atomic mass is 10.2. The molecule has 0 saturated carbocycles. The van der Waals surface area contributed by atoms with E-state index in [1.165, 1.54) is 6.08 Å². The molecule has 0 unspecified atom stereocenters. The van der Waals surface area contributed by atoms with Crippen LogP contribution >= 0.6 is 7.60 Å². The van der Waals surface area contributed by atoms with Crippen molar-refractivity contribution in [1.29, 1.82) is 0 Å². The quantitative estimate of drug-likeness (QED) is 0.279. The van der Waals surface area contributed by atoms with Crippen molar-refractivity contribution < 1.29 is 23.1 Å². The summed E-state index contributed by atoms with van der Waals surface area (Å²) in [5, 5.41) is 0.446. The van der Waals surface area contributed by atoms with Crippen molar-refractivity contribution in [3.8, 4) is 0 Å². The number of carbonyl (C=O) groups is 1. The number of rotatable bonds is 10. The van der Waals surface area contributed by atoms with Gasteiger partial charge < -0.3 is 13.8 Å². The fraction of sp³-hybridized carbons (Fsp3) is 0.471. The van der Waals surface area contributed by atoms with Gasteiger partial charge in [-0.25, -0.2) is 4.79 Å². The number of ether oxygens (including phenoxy) is 1. The Kier molecular flexibility index (Phi) is 8.85. The van der Waals surface area contributed by atoms with Crippen molar-refractivity contribution in [3.05, 3.63) is 35.9 Å². The number of hydrogen-bond acceptors (Lipinski definition) is 5. The van der Waals surface area contributed by atoms with E-state index >= 15 is 0 Å². The van der Waals surface area contributed by atoms with Crippen LogP contribution in [-0.4, -0.2) is 25.8 Å². The summed E-state index contributed by atoms with van der Waals surface area (Å²) in [7, 11) is -3.40. The molecule has 0 aromatic heterocycles. The molecule has 0 saturated heterocycles. The molecule has 128 valence electrons. The minimum absolute atomic E-state index is 0.272. The van der Waals surface area contributed by atoms with E-state index in [0.717, 1.165) is 12.8 Å². The smallest absolute Gasteiger partial charge is 0.361 e. The Labute approximate surface area is 138 Å². The summed E-state index contributed by atoms with van der Waals surface area (Å²) in [5.41, 5.74) is 0.616. The second-order valence-corrected chi connectivity index (χ2v) is 6.74. The normalized spacial score (nSPS) is 11.8. The highest BCUT2D eigenvalue weighted by molar-refractivity contribution is 7.62. The van der Waals surface area contributed by atoms with Gasteiger partial charge in [-0.1, -0.05) is 31.5 Å². The van der Waals surface area contributed by atoms with Crippen LogP contribution in [0.15, 0.2) is 30.3 Å². The third-order valence-electron chi connectivity index (χ3n) is 2.97. The van der Waals surface area contributed by atoms with Crippen molar-refractivity contribution in [1.82, 2.24) is 0 Å². The van der Waals surface area contributed by atoms with Crippen LogP contribution in [0.5, 0.6) is 0 Å². The summed E-state index contributed by atoms with van der Waals surface area (Å²) in [6.07, 6.45) is 4.71. The molecule has 0 radical (unpaired) electrons. The largest absolute Gasteiger partial charge is 0.463 e. The molecule has 0 aliphatic rings. The van der Waals surface area contributed by atoms with Crippen LogP contribution in [0.4, 0.5) is 0 Å². The third kappa shape index (κ3) is 6.30. The maximum absolute atomic E-state index is 12.9. The Bertz CT molecular complexity index is 558. The maximum Gasteiger partial charge on any atom is 0.361 e. The molecule has 0 N–H and O–H groups in total. The Morgan fingerprint density at radius 2 is 1.78 bits per heavy atom. The van der Waals surface area contributed by atoms with Crippen molar-refractivity contribution in [2.75, 3.05) is 19.8 Å². The van der Waals surface area contributed by atoms with Gasteiger partial charge in [-0.3, -0.25) is 4.57 Å². The topological polar surface area (TPSA) is 61.8 Å². The fourth-order valence-electron chi connectivity index (χ4n) is 1.92. The average molecular weight is 340 g/mol. The lowest BCUT2D eigenvalue weighted by molar-refractivity contribution is -0.137. The first-order valence-electron chi connectivity index (χ1n) is 7.90. The van der Waals surface area contributed by atoms with Crippen LogP contribution in [0.1, 0.15) is 39.2 Å². The van der Waals surface area contributed by atoms with Crippen molar-refractivity contribution >= 4 is 24.9 Å². The van der Waals surface area contributed by atoms with Gasteiger partial charge >= 0.3 is 13.6 Å². The molecule has 1 aromatic rings. The molecule has 6 heteroatoms. The van der Waals surface area contributed by atoms with E-state index in [-0.39, 0.29) is 13.2 Å². The van der Waals surface area contributed by atoms with Crippen LogP contribution in [0.3, 0.4) is 0 Å². The zero-order chi connectivity index (χ0) is 17.1. The molecule has 1 aromatic carbocycles.